The normalized spacial score (nSPS) is 18.1. The Bertz CT molecular complexity index is 528. The molecule has 6 nitrogen and oxygen atoms in total. The van der Waals surface area contributed by atoms with Gasteiger partial charge in [0, 0.05) is 37.4 Å². The van der Waals surface area contributed by atoms with Crippen molar-refractivity contribution >= 4 is 6.09 Å². The van der Waals surface area contributed by atoms with Crippen molar-refractivity contribution in [1.29, 1.82) is 0 Å². The molecule has 0 saturated carbocycles. The van der Waals surface area contributed by atoms with Gasteiger partial charge in [0.05, 0.1) is 7.11 Å². The molecule has 1 unspecified atom stereocenters. The largest absolute Gasteiger partial charge is 0.481 e. The number of methoxy groups -OCH3 is 1. The van der Waals surface area contributed by atoms with Crippen LogP contribution >= 0.6 is 0 Å². The molecule has 2 heterocycles. The second-order valence-electron chi connectivity index (χ2n) is 6.77. The monoisotopic (exact) mass is 321 g/mol. The molecule has 1 aliphatic rings. The zero-order chi connectivity index (χ0) is 16.9. The maximum Gasteiger partial charge on any atom is 0.410 e. The highest BCUT2D eigenvalue weighted by molar-refractivity contribution is 5.69. The first-order valence-electron chi connectivity index (χ1n) is 8.09. The summed E-state index contributed by atoms with van der Waals surface area (Å²) in [5.41, 5.74) is 0.553. The van der Waals surface area contributed by atoms with Gasteiger partial charge >= 0.3 is 6.09 Å². The Balaban J connectivity index is 1.86. The molecule has 0 bridgehead atoms. The highest BCUT2D eigenvalue weighted by Gasteiger charge is 2.31. The van der Waals surface area contributed by atoms with Crippen LogP contribution in [0.4, 0.5) is 4.79 Å². The lowest BCUT2D eigenvalue weighted by molar-refractivity contribution is 0.0226. The van der Waals surface area contributed by atoms with Crippen molar-refractivity contribution in [2.75, 3.05) is 20.2 Å². The Morgan fingerprint density at radius 1 is 1.48 bits per heavy atom. The minimum absolute atomic E-state index is 0.174. The SMILES string of the molecule is COc1ncccc1CNCC1CCCN1C(=O)OC(C)(C)C. The lowest BCUT2D eigenvalue weighted by atomic mass is 10.2. The topological polar surface area (TPSA) is 63.7 Å². The summed E-state index contributed by atoms with van der Waals surface area (Å²) in [4.78, 5) is 18.3. The van der Waals surface area contributed by atoms with Crippen molar-refractivity contribution in [2.45, 2.75) is 51.8 Å². The van der Waals surface area contributed by atoms with Crippen LogP contribution in [0.25, 0.3) is 0 Å². The van der Waals surface area contributed by atoms with Gasteiger partial charge in [0.1, 0.15) is 5.60 Å². The molecule has 1 aromatic rings. The summed E-state index contributed by atoms with van der Waals surface area (Å²) in [7, 11) is 1.62. The molecule has 1 atom stereocenters. The molecule has 1 aromatic heterocycles. The molecule has 1 N–H and O–H groups in total. The van der Waals surface area contributed by atoms with Gasteiger partial charge in [0.25, 0.3) is 0 Å². The standard InChI is InChI=1S/C17H27N3O3/c1-17(2,3)23-16(21)20-10-6-8-14(20)12-18-11-13-7-5-9-19-15(13)22-4/h5,7,9,14,18H,6,8,10-12H2,1-4H3. The van der Waals surface area contributed by atoms with Crippen LogP contribution in [-0.2, 0) is 11.3 Å². The van der Waals surface area contributed by atoms with Crippen LogP contribution in [0.1, 0.15) is 39.2 Å². The number of nitrogens with one attached hydrogen (secondary N) is 1. The molecule has 0 spiro atoms. The molecular formula is C17H27N3O3. The smallest absolute Gasteiger partial charge is 0.410 e. The Hall–Kier alpha value is -1.82. The van der Waals surface area contributed by atoms with E-state index in [2.05, 4.69) is 10.3 Å². The van der Waals surface area contributed by atoms with Gasteiger partial charge in [-0.2, -0.15) is 0 Å². The van der Waals surface area contributed by atoms with Gasteiger partial charge in [0.2, 0.25) is 5.88 Å². The van der Waals surface area contributed by atoms with Crippen LogP contribution in [0, 0.1) is 0 Å². The van der Waals surface area contributed by atoms with Gasteiger partial charge < -0.3 is 19.7 Å². The second-order valence-corrected chi connectivity index (χ2v) is 6.77. The predicted octanol–water partition coefficient (Wildman–Crippen LogP) is 2.58. The second kappa shape index (κ2) is 7.64. The van der Waals surface area contributed by atoms with Crippen molar-refractivity contribution in [3.8, 4) is 5.88 Å². The van der Waals surface area contributed by atoms with E-state index in [1.54, 1.807) is 13.3 Å². The van der Waals surface area contributed by atoms with Gasteiger partial charge in [-0.15, -0.1) is 0 Å². The third kappa shape index (κ3) is 5.10. The molecular weight excluding hydrogens is 294 g/mol. The van der Waals surface area contributed by atoms with E-state index in [1.807, 2.05) is 37.8 Å². The third-order valence-electron chi connectivity index (χ3n) is 3.74. The first kappa shape index (κ1) is 17.5. The number of hydrogen-bond donors (Lipinski definition) is 1. The van der Waals surface area contributed by atoms with Crippen LogP contribution in [0.5, 0.6) is 5.88 Å². The highest BCUT2D eigenvalue weighted by atomic mass is 16.6. The zero-order valence-corrected chi connectivity index (χ0v) is 14.5. The summed E-state index contributed by atoms with van der Waals surface area (Å²) in [6, 6.07) is 4.05. The first-order valence-corrected chi connectivity index (χ1v) is 8.09. The lowest BCUT2D eigenvalue weighted by Gasteiger charge is -2.28. The Morgan fingerprint density at radius 2 is 2.26 bits per heavy atom. The van der Waals surface area contributed by atoms with Crippen molar-refractivity contribution in [1.82, 2.24) is 15.2 Å². The third-order valence-corrected chi connectivity index (χ3v) is 3.74. The number of rotatable bonds is 5. The Morgan fingerprint density at radius 3 is 2.96 bits per heavy atom. The number of likely N-dealkylation sites (tertiary alicyclic amines) is 1. The fourth-order valence-electron chi connectivity index (χ4n) is 2.72. The number of carbonyl (C=O) groups is 1. The molecule has 6 heteroatoms. The van der Waals surface area contributed by atoms with Crippen LogP contribution in [-0.4, -0.2) is 47.8 Å². The van der Waals surface area contributed by atoms with E-state index in [4.69, 9.17) is 9.47 Å². The van der Waals surface area contributed by atoms with E-state index >= 15 is 0 Å². The highest BCUT2D eigenvalue weighted by Crippen LogP contribution is 2.20. The quantitative estimate of drug-likeness (QED) is 0.903. The number of hydrogen-bond acceptors (Lipinski definition) is 5. The van der Waals surface area contributed by atoms with Crippen molar-refractivity contribution in [2.24, 2.45) is 0 Å². The number of aromatic nitrogens is 1. The van der Waals surface area contributed by atoms with E-state index in [0.29, 0.717) is 12.4 Å². The summed E-state index contributed by atoms with van der Waals surface area (Å²) in [5, 5.41) is 3.40. The number of carbonyl (C=O) groups excluding carboxylic acids is 1. The van der Waals surface area contributed by atoms with Crippen LogP contribution in [0.2, 0.25) is 0 Å². The minimum atomic E-state index is -0.458. The lowest BCUT2D eigenvalue weighted by Crippen LogP contribution is -2.44. The average Bonchev–Trinajstić information content (AvgIpc) is 2.94. The first-order chi connectivity index (χ1) is 10.9. The van der Waals surface area contributed by atoms with E-state index in [0.717, 1.165) is 31.5 Å². The van der Waals surface area contributed by atoms with Crippen molar-refractivity contribution in [3.05, 3.63) is 23.9 Å². The van der Waals surface area contributed by atoms with Gasteiger partial charge in [0.15, 0.2) is 0 Å². The molecule has 0 aliphatic carbocycles. The molecule has 1 fully saturated rings. The molecule has 1 aliphatic heterocycles. The fourth-order valence-corrected chi connectivity index (χ4v) is 2.72. The van der Waals surface area contributed by atoms with Gasteiger partial charge in [-0.3, -0.25) is 0 Å². The summed E-state index contributed by atoms with van der Waals surface area (Å²) < 4.78 is 10.7. The molecule has 0 radical (unpaired) electrons. The van der Waals surface area contributed by atoms with Crippen LogP contribution < -0.4 is 10.1 Å². The van der Waals surface area contributed by atoms with Crippen molar-refractivity contribution in [3.63, 3.8) is 0 Å². The molecule has 2 rings (SSSR count). The number of ether oxygens (including phenoxy) is 2. The van der Waals surface area contributed by atoms with E-state index in [9.17, 15) is 4.79 Å². The van der Waals surface area contributed by atoms with Gasteiger partial charge in [-0.05, 0) is 39.7 Å². The van der Waals surface area contributed by atoms with Gasteiger partial charge in [-0.25, -0.2) is 9.78 Å². The molecule has 0 aromatic carbocycles. The summed E-state index contributed by atoms with van der Waals surface area (Å²) in [5.74, 6) is 0.635. The fraction of sp³-hybridized carbons (Fsp3) is 0.647. The van der Waals surface area contributed by atoms with Crippen LogP contribution in [0.15, 0.2) is 18.3 Å². The maximum absolute atomic E-state index is 12.3. The Labute approximate surface area is 138 Å². The summed E-state index contributed by atoms with van der Waals surface area (Å²) in [6.07, 6.45) is 3.50. The van der Waals surface area contributed by atoms with Crippen LogP contribution in [0.3, 0.4) is 0 Å². The minimum Gasteiger partial charge on any atom is -0.481 e. The molecule has 1 saturated heterocycles. The predicted molar refractivity (Wildman–Crippen MR) is 88.5 cm³/mol. The van der Waals surface area contributed by atoms with E-state index in [-0.39, 0.29) is 12.1 Å². The van der Waals surface area contributed by atoms with Gasteiger partial charge in [-0.1, -0.05) is 6.07 Å². The molecule has 1 amide bonds. The molecule has 128 valence electrons. The zero-order valence-electron chi connectivity index (χ0n) is 14.5. The van der Waals surface area contributed by atoms with E-state index < -0.39 is 5.60 Å². The molecule has 23 heavy (non-hydrogen) atoms. The Kier molecular flexibility index (Phi) is 5.82. The number of nitrogens with zero attached hydrogens (tertiary/aromatic N) is 2. The van der Waals surface area contributed by atoms with E-state index in [1.165, 1.54) is 0 Å². The maximum atomic E-state index is 12.3. The number of pyridine rings is 1. The number of amides is 1. The van der Waals surface area contributed by atoms with Crippen molar-refractivity contribution < 1.29 is 14.3 Å². The average molecular weight is 321 g/mol. The summed E-state index contributed by atoms with van der Waals surface area (Å²) in [6.45, 7) is 7.83. The summed E-state index contributed by atoms with van der Waals surface area (Å²) >= 11 is 0.